The Morgan fingerprint density at radius 1 is 0.800 bits per heavy atom. The second kappa shape index (κ2) is 14.3. The number of esters is 1. The van der Waals surface area contributed by atoms with Crippen LogP contribution in [0, 0.1) is 5.92 Å². The second-order valence-corrected chi connectivity index (χ2v) is 10.0. The fourth-order valence-corrected chi connectivity index (χ4v) is 4.87. The van der Waals surface area contributed by atoms with Crippen molar-refractivity contribution < 1.29 is 19.4 Å². The molecule has 1 aliphatic carbocycles. The molecular formula is C31H44O4. The van der Waals surface area contributed by atoms with Crippen LogP contribution in [0.2, 0.25) is 0 Å². The van der Waals surface area contributed by atoms with Crippen LogP contribution in [0.5, 0.6) is 5.75 Å². The van der Waals surface area contributed by atoms with E-state index in [9.17, 15) is 9.90 Å². The molecule has 2 aromatic carbocycles. The van der Waals surface area contributed by atoms with Crippen LogP contribution in [-0.2, 0) is 15.1 Å². The molecule has 4 nitrogen and oxygen atoms in total. The smallest absolute Gasteiger partial charge is 0.308 e. The minimum atomic E-state index is -0.869. The monoisotopic (exact) mass is 480 g/mol. The van der Waals surface area contributed by atoms with Crippen molar-refractivity contribution in [3.8, 4) is 16.9 Å². The number of hydrogen-bond donors (Lipinski definition) is 1. The molecule has 192 valence electrons. The van der Waals surface area contributed by atoms with Gasteiger partial charge in [-0.1, -0.05) is 88.8 Å². The van der Waals surface area contributed by atoms with E-state index in [0.29, 0.717) is 32.3 Å². The Balaban J connectivity index is 1.47. The molecule has 1 aliphatic rings. The van der Waals surface area contributed by atoms with E-state index >= 15 is 0 Å². The molecule has 4 heteroatoms. The Kier molecular flexibility index (Phi) is 11.1. The van der Waals surface area contributed by atoms with Crippen LogP contribution in [0.25, 0.3) is 11.1 Å². The Morgan fingerprint density at radius 2 is 1.34 bits per heavy atom. The van der Waals surface area contributed by atoms with Crippen LogP contribution in [0.1, 0.15) is 96.5 Å². The van der Waals surface area contributed by atoms with E-state index in [1.54, 1.807) is 0 Å². The maximum Gasteiger partial charge on any atom is 0.308 e. The highest BCUT2D eigenvalue weighted by atomic mass is 16.5. The topological polar surface area (TPSA) is 55.8 Å². The summed E-state index contributed by atoms with van der Waals surface area (Å²) in [5, 5.41) is 11.3. The summed E-state index contributed by atoms with van der Waals surface area (Å²) in [5.41, 5.74) is 2.31. The number of carbonyl (C=O) groups is 1. The lowest BCUT2D eigenvalue weighted by molar-refractivity contribution is -0.152. The Morgan fingerprint density at radius 3 is 1.97 bits per heavy atom. The predicted molar refractivity (Wildman–Crippen MR) is 142 cm³/mol. The van der Waals surface area contributed by atoms with Crippen molar-refractivity contribution in [3.05, 3.63) is 54.1 Å². The standard InChI is InChI=1S/C31H44O4/c1-3-5-7-8-10-23-34-29-17-13-26(14-18-29)25-11-15-28(16-12-25)31(33)21-19-27(20-22-31)30(32)35-24-9-6-4-2/h11-18,27,33H,3-10,19-24H2,1-2H3. The summed E-state index contributed by atoms with van der Waals surface area (Å²) in [5.74, 6) is 0.728. The zero-order valence-electron chi connectivity index (χ0n) is 21.8. The van der Waals surface area contributed by atoms with Gasteiger partial charge in [-0.15, -0.1) is 0 Å². The van der Waals surface area contributed by atoms with Gasteiger partial charge in [0, 0.05) is 0 Å². The first-order valence-electron chi connectivity index (χ1n) is 13.8. The molecule has 0 spiro atoms. The zero-order chi connectivity index (χ0) is 24.9. The van der Waals surface area contributed by atoms with Gasteiger partial charge in [0.2, 0.25) is 0 Å². The number of ether oxygens (including phenoxy) is 2. The third-order valence-electron chi connectivity index (χ3n) is 7.26. The molecule has 0 aromatic heterocycles. The minimum absolute atomic E-state index is 0.0896. The molecule has 0 aliphatic heterocycles. The zero-order valence-corrected chi connectivity index (χ0v) is 21.8. The van der Waals surface area contributed by atoms with Gasteiger partial charge in [0.05, 0.1) is 24.7 Å². The van der Waals surface area contributed by atoms with Crippen LogP contribution in [-0.4, -0.2) is 24.3 Å². The van der Waals surface area contributed by atoms with Crippen molar-refractivity contribution >= 4 is 5.97 Å². The molecule has 0 unspecified atom stereocenters. The van der Waals surface area contributed by atoms with Crippen LogP contribution in [0.3, 0.4) is 0 Å². The lowest BCUT2D eigenvalue weighted by Gasteiger charge is -2.35. The van der Waals surface area contributed by atoms with E-state index in [4.69, 9.17) is 9.47 Å². The van der Waals surface area contributed by atoms with Crippen LogP contribution >= 0.6 is 0 Å². The van der Waals surface area contributed by atoms with Crippen LogP contribution < -0.4 is 4.74 Å². The molecule has 1 fully saturated rings. The molecular weight excluding hydrogens is 436 g/mol. The Bertz CT molecular complexity index is 864. The largest absolute Gasteiger partial charge is 0.494 e. The van der Waals surface area contributed by atoms with E-state index in [2.05, 4.69) is 38.1 Å². The Labute approximate surface area is 212 Å². The molecule has 0 bridgehead atoms. The molecule has 1 saturated carbocycles. The van der Waals surface area contributed by atoms with E-state index in [0.717, 1.165) is 54.7 Å². The number of benzene rings is 2. The summed E-state index contributed by atoms with van der Waals surface area (Å²) in [6.45, 7) is 5.65. The summed E-state index contributed by atoms with van der Waals surface area (Å²) in [6.07, 6.45) is 11.8. The summed E-state index contributed by atoms with van der Waals surface area (Å²) >= 11 is 0. The average Bonchev–Trinajstić information content (AvgIpc) is 2.89. The molecule has 2 aromatic rings. The first-order valence-corrected chi connectivity index (χ1v) is 13.8. The number of aliphatic hydroxyl groups is 1. The molecule has 1 N–H and O–H groups in total. The third kappa shape index (κ3) is 8.38. The van der Waals surface area contributed by atoms with Gasteiger partial charge in [0.15, 0.2) is 0 Å². The van der Waals surface area contributed by atoms with Gasteiger partial charge in [0.25, 0.3) is 0 Å². The highest BCUT2D eigenvalue weighted by Crippen LogP contribution is 2.40. The summed E-state index contributed by atoms with van der Waals surface area (Å²) in [6, 6.07) is 16.5. The van der Waals surface area contributed by atoms with Gasteiger partial charge in [-0.25, -0.2) is 0 Å². The van der Waals surface area contributed by atoms with E-state index in [-0.39, 0.29) is 11.9 Å². The van der Waals surface area contributed by atoms with Gasteiger partial charge in [-0.2, -0.15) is 0 Å². The quantitative estimate of drug-likeness (QED) is 0.221. The number of hydrogen-bond acceptors (Lipinski definition) is 4. The molecule has 0 atom stereocenters. The maximum atomic E-state index is 12.3. The van der Waals surface area contributed by atoms with E-state index in [1.807, 2.05) is 24.3 Å². The molecule has 0 radical (unpaired) electrons. The number of unbranched alkanes of at least 4 members (excludes halogenated alkanes) is 6. The molecule has 0 heterocycles. The highest BCUT2D eigenvalue weighted by Gasteiger charge is 2.37. The highest BCUT2D eigenvalue weighted by molar-refractivity contribution is 5.72. The number of carbonyl (C=O) groups excluding carboxylic acids is 1. The van der Waals surface area contributed by atoms with Crippen molar-refractivity contribution in [2.45, 2.75) is 96.5 Å². The predicted octanol–water partition coefficient (Wildman–Crippen LogP) is 7.81. The molecule has 0 amide bonds. The van der Waals surface area contributed by atoms with Crippen molar-refractivity contribution in [3.63, 3.8) is 0 Å². The van der Waals surface area contributed by atoms with Gasteiger partial charge in [0.1, 0.15) is 5.75 Å². The van der Waals surface area contributed by atoms with Gasteiger partial charge >= 0.3 is 5.97 Å². The first-order chi connectivity index (χ1) is 17.1. The number of rotatable bonds is 14. The normalized spacial score (nSPS) is 19.9. The van der Waals surface area contributed by atoms with Crippen LogP contribution in [0.15, 0.2) is 48.5 Å². The van der Waals surface area contributed by atoms with Gasteiger partial charge in [-0.05, 0) is 67.3 Å². The fraction of sp³-hybridized carbons (Fsp3) is 0.581. The maximum absolute atomic E-state index is 12.3. The first kappa shape index (κ1) is 27.3. The average molecular weight is 481 g/mol. The molecule has 0 saturated heterocycles. The summed E-state index contributed by atoms with van der Waals surface area (Å²) in [7, 11) is 0. The lowest BCUT2D eigenvalue weighted by atomic mass is 9.75. The SMILES string of the molecule is CCCCCCCOc1ccc(-c2ccc(C3(O)CCC(C(=O)OCCCCC)CC3)cc2)cc1. The van der Waals surface area contributed by atoms with Crippen molar-refractivity contribution in [2.24, 2.45) is 5.92 Å². The fourth-order valence-electron chi connectivity index (χ4n) is 4.87. The van der Waals surface area contributed by atoms with E-state index in [1.165, 1.54) is 25.7 Å². The van der Waals surface area contributed by atoms with Crippen molar-refractivity contribution in [1.29, 1.82) is 0 Å². The van der Waals surface area contributed by atoms with Gasteiger partial charge in [-0.3, -0.25) is 4.79 Å². The summed E-state index contributed by atoms with van der Waals surface area (Å²) in [4.78, 5) is 12.3. The van der Waals surface area contributed by atoms with Crippen LogP contribution in [0.4, 0.5) is 0 Å². The van der Waals surface area contributed by atoms with Crippen molar-refractivity contribution in [2.75, 3.05) is 13.2 Å². The van der Waals surface area contributed by atoms with Gasteiger partial charge < -0.3 is 14.6 Å². The molecule has 3 rings (SSSR count). The third-order valence-corrected chi connectivity index (χ3v) is 7.26. The second-order valence-electron chi connectivity index (χ2n) is 10.0. The lowest BCUT2D eigenvalue weighted by Crippen LogP contribution is -2.34. The van der Waals surface area contributed by atoms with Crippen molar-refractivity contribution in [1.82, 2.24) is 0 Å². The molecule has 35 heavy (non-hydrogen) atoms. The minimum Gasteiger partial charge on any atom is -0.494 e. The summed E-state index contributed by atoms with van der Waals surface area (Å²) < 4.78 is 11.3. The van der Waals surface area contributed by atoms with E-state index < -0.39 is 5.60 Å². The Hall–Kier alpha value is -2.33.